The molecule has 0 aliphatic carbocycles. The molecule has 8 heteroatoms. The van der Waals surface area contributed by atoms with Crippen LogP contribution in [-0.4, -0.2) is 37.3 Å². The zero-order valence-electron chi connectivity index (χ0n) is 14.6. The fraction of sp³-hybridized carbons (Fsp3) is 0.529. The van der Waals surface area contributed by atoms with Gasteiger partial charge in [-0.1, -0.05) is 18.7 Å². The SMILES string of the molecule is CCc1c(C)nc2n(c1=O)C[C@H](C(=O)NCCCn1ccnc1)CS2. The van der Waals surface area contributed by atoms with E-state index in [1.54, 1.807) is 17.1 Å². The minimum absolute atomic E-state index is 0.00453. The van der Waals surface area contributed by atoms with Gasteiger partial charge < -0.3 is 9.88 Å². The van der Waals surface area contributed by atoms with E-state index in [-0.39, 0.29) is 17.4 Å². The molecule has 1 N–H and O–H groups in total. The number of carbonyl (C=O) groups excluding carboxylic acids is 1. The van der Waals surface area contributed by atoms with Crippen LogP contribution in [0, 0.1) is 12.8 Å². The Balaban J connectivity index is 1.58. The van der Waals surface area contributed by atoms with E-state index in [1.165, 1.54) is 11.8 Å². The number of aryl methyl sites for hydroxylation is 2. The highest BCUT2D eigenvalue weighted by Gasteiger charge is 2.27. The van der Waals surface area contributed by atoms with Crippen molar-refractivity contribution in [2.24, 2.45) is 5.92 Å². The predicted molar refractivity (Wildman–Crippen MR) is 96.7 cm³/mol. The summed E-state index contributed by atoms with van der Waals surface area (Å²) < 4.78 is 3.65. The van der Waals surface area contributed by atoms with Crippen molar-refractivity contribution in [2.75, 3.05) is 12.3 Å². The topological polar surface area (TPSA) is 81.8 Å². The van der Waals surface area contributed by atoms with E-state index in [0.29, 0.717) is 25.3 Å². The number of nitrogens with zero attached hydrogens (tertiary/aromatic N) is 4. The Morgan fingerprint density at radius 3 is 3.04 bits per heavy atom. The fourth-order valence-corrected chi connectivity index (χ4v) is 4.12. The highest BCUT2D eigenvalue weighted by Crippen LogP contribution is 2.25. The van der Waals surface area contributed by atoms with Gasteiger partial charge in [0.15, 0.2) is 5.16 Å². The normalized spacial score (nSPS) is 16.5. The van der Waals surface area contributed by atoms with Gasteiger partial charge in [-0.25, -0.2) is 9.97 Å². The number of aromatic nitrogens is 4. The molecule has 2 aromatic heterocycles. The standard InChI is InChI=1S/C17H23N5O2S/c1-3-14-12(2)20-17-22(16(14)24)9-13(10-25-17)15(23)19-5-4-7-21-8-6-18-11-21/h6,8,11,13H,3-5,7,9-10H2,1-2H3,(H,19,23)/t13-/m0/s1. The van der Waals surface area contributed by atoms with Crippen LogP contribution in [0.4, 0.5) is 0 Å². The number of imidazole rings is 1. The Bertz CT molecular complexity index is 800. The molecule has 1 aliphatic rings. The number of carbonyl (C=O) groups is 1. The summed E-state index contributed by atoms with van der Waals surface area (Å²) in [7, 11) is 0. The zero-order chi connectivity index (χ0) is 17.8. The van der Waals surface area contributed by atoms with Crippen LogP contribution in [0.25, 0.3) is 0 Å². The van der Waals surface area contributed by atoms with Crippen molar-refractivity contribution < 1.29 is 4.79 Å². The molecule has 0 aromatic carbocycles. The molecule has 1 amide bonds. The minimum atomic E-state index is -0.197. The van der Waals surface area contributed by atoms with E-state index in [9.17, 15) is 9.59 Å². The van der Waals surface area contributed by atoms with Gasteiger partial charge in [-0.15, -0.1) is 0 Å². The number of amides is 1. The summed E-state index contributed by atoms with van der Waals surface area (Å²) in [5.74, 6) is 0.469. The average molecular weight is 361 g/mol. The van der Waals surface area contributed by atoms with Gasteiger partial charge in [0.1, 0.15) is 0 Å². The highest BCUT2D eigenvalue weighted by atomic mass is 32.2. The maximum absolute atomic E-state index is 12.6. The molecular formula is C17H23N5O2S. The van der Waals surface area contributed by atoms with Crippen LogP contribution in [0.15, 0.2) is 28.7 Å². The maximum atomic E-state index is 12.6. The Hall–Kier alpha value is -2.09. The quantitative estimate of drug-likeness (QED) is 0.618. The summed E-state index contributed by atoms with van der Waals surface area (Å²) >= 11 is 1.49. The molecule has 1 atom stereocenters. The predicted octanol–water partition coefficient (Wildman–Crippen LogP) is 1.24. The second kappa shape index (κ2) is 7.86. The molecule has 2 aromatic rings. The monoisotopic (exact) mass is 361 g/mol. The molecule has 3 heterocycles. The summed E-state index contributed by atoms with van der Waals surface area (Å²) in [5.41, 5.74) is 1.54. The molecule has 0 fully saturated rings. The van der Waals surface area contributed by atoms with Crippen molar-refractivity contribution in [2.45, 2.75) is 44.9 Å². The van der Waals surface area contributed by atoms with Gasteiger partial charge >= 0.3 is 0 Å². The van der Waals surface area contributed by atoms with Crippen molar-refractivity contribution in [1.29, 1.82) is 0 Å². The minimum Gasteiger partial charge on any atom is -0.356 e. The lowest BCUT2D eigenvalue weighted by atomic mass is 10.1. The van der Waals surface area contributed by atoms with E-state index >= 15 is 0 Å². The van der Waals surface area contributed by atoms with Gasteiger partial charge in [-0.3, -0.25) is 14.2 Å². The lowest BCUT2D eigenvalue weighted by molar-refractivity contribution is -0.124. The molecular weight excluding hydrogens is 338 g/mol. The third-order valence-corrected chi connectivity index (χ3v) is 5.57. The number of hydrogen-bond donors (Lipinski definition) is 1. The summed E-state index contributed by atoms with van der Waals surface area (Å²) in [4.78, 5) is 33.5. The van der Waals surface area contributed by atoms with Crippen LogP contribution >= 0.6 is 11.8 Å². The molecule has 0 saturated heterocycles. The van der Waals surface area contributed by atoms with E-state index in [1.807, 2.05) is 24.6 Å². The molecule has 0 spiro atoms. The van der Waals surface area contributed by atoms with Gasteiger partial charge in [-0.2, -0.15) is 0 Å². The van der Waals surface area contributed by atoms with Gasteiger partial charge in [-0.05, 0) is 19.8 Å². The molecule has 1 aliphatic heterocycles. The zero-order valence-corrected chi connectivity index (χ0v) is 15.4. The lowest BCUT2D eigenvalue weighted by Crippen LogP contribution is -2.41. The number of rotatable bonds is 6. The molecule has 0 radical (unpaired) electrons. The first-order chi connectivity index (χ1) is 12.1. The van der Waals surface area contributed by atoms with Crippen LogP contribution in [-0.2, 0) is 24.3 Å². The van der Waals surface area contributed by atoms with Crippen LogP contribution in [0.2, 0.25) is 0 Å². The van der Waals surface area contributed by atoms with Crippen molar-refractivity contribution in [1.82, 2.24) is 24.4 Å². The number of fused-ring (bicyclic) bond motifs is 1. The second-order valence-electron chi connectivity index (χ2n) is 6.18. The smallest absolute Gasteiger partial charge is 0.257 e. The Kier molecular flexibility index (Phi) is 5.57. The van der Waals surface area contributed by atoms with Crippen molar-refractivity contribution in [3.63, 3.8) is 0 Å². The van der Waals surface area contributed by atoms with E-state index < -0.39 is 0 Å². The Labute approximate surface area is 150 Å². The number of thioether (sulfide) groups is 1. The molecule has 3 rings (SSSR count). The molecule has 0 unspecified atom stereocenters. The largest absolute Gasteiger partial charge is 0.356 e. The summed E-state index contributed by atoms with van der Waals surface area (Å²) in [6, 6.07) is 0. The van der Waals surface area contributed by atoms with Gasteiger partial charge in [0, 0.05) is 49.0 Å². The fourth-order valence-electron chi connectivity index (χ4n) is 3.00. The van der Waals surface area contributed by atoms with Crippen LogP contribution in [0.5, 0.6) is 0 Å². The summed E-state index contributed by atoms with van der Waals surface area (Å²) in [5, 5.41) is 3.71. The van der Waals surface area contributed by atoms with E-state index in [4.69, 9.17) is 0 Å². The third kappa shape index (κ3) is 3.95. The van der Waals surface area contributed by atoms with Crippen molar-refractivity contribution in [3.05, 3.63) is 40.3 Å². The molecule has 0 bridgehead atoms. The van der Waals surface area contributed by atoms with E-state index in [0.717, 1.165) is 29.4 Å². The number of hydrogen-bond acceptors (Lipinski definition) is 5. The highest BCUT2D eigenvalue weighted by molar-refractivity contribution is 7.99. The number of nitrogens with one attached hydrogen (secondary N) is 1. The molecule has 0 saturated carbocycles. The first-order valence-electron chi connectivity index (χ1n) is 8.56. The van der Waals surface area contributed by atoms with Crippen LogP contribution < -0.4 is 10.9 Å². The molecule has 25 heavy (non-hydrogen) atoms. The maximum Gasteiger partial charge on any atom is 0.257 e. The summed E-state index contributed by atoms with van der Waals surface area (Å²) in [6.45, 7) is 5.69. The molecule has 134 valence electrons. The Morgan fingerprint density at radius 2 is 2.32 bits per heavy atom. The Morgan fingerprint density at radius 1 is 1.48 bits per heavy atom. The third-order valence-electron chi connectivity index (χ3n) is 4.43. The van der Waals surface area contributed by atoms with Crippen molar-refractivity contribution >= 4 is 17.7 Å². The van der Waals surface area contributed by atoms with Gasteiger partial charge in [0.05, 0.1) is 12.2 Å². The van der Waals surface area contributed by atoms with Gasteiger partial charge in [0.2, 0.25) is 5.91 Å². The summed E-state index contributed by atoms with van der Waals surface area (Å²) in [6.07, 6.45) is 6.92. The average Bonchev–Trinajstić information content (AvgIpc) is 3.12. The molecule has 7 nitrogen and oxygen atoms in total. The van der Waals surface area contributed by atoms with Crippen molar-refractivity contribution in [3.8, 4) is 0 Å². The van der Waals surface area contributed by atoms with Crippen LogP contribution in [0.1, 0.15) is 24.6 Å². The van der Waals surface area contributed by atoms with Crippen LogP contribution in [0.3, 0.4) is 0 Å². The first kappa shape index (κ1) is 17.7. The van der Waals surface area contributed by atoms with E-state index in [2.05, 4.69) is 15.3 Å². The van der Waals surface area contributed by atoms with Gasteiger partial charge in [0.25, 0.3) is 5.56 Å². The lowest BCUT2D eigenvalue weighted by Gasteiger charge is -2.25. The first-order valence-corrected chi connectivity index (χ1v) is 9.55. The second-order valence-corrected chi connectivity index (χ2v) is 7.17.